The number of halogens is 3. The summed E-state index contributed by atoms with van der Waals surface area (Å²) in [5.41, 5.74) is 0.934. The molecule has 195 valence electrons. The van der Waals surface area contributed by atoms with Crippen LogP contribution >= 0.6 is 0 Å². The molecule has 0 saturated carbocycles. The van der Waals surface area contributed by atoms with Crippen LogP contribution in [0.4, 0.5) is 12.7 Å². The zero-order valence-corrected chi connectivity index (χ0v) is 28.3. The Morgan fingerprint density at radius 2 is 1.83 bits per heavy atom. The number of hydrogen-bond acceptors (Lipinski definition) is 5. The van der Waals surface area contributed by atoms with Crippen LogP contribution in [0, 0.1) is 6.54 Å². The Morgan fingerprint density at radius 1 is 1.29 bits per heavy atom. The fraction of sp³-hybridized carbons (Fsp3) is 0.455. The van der Waals surface area contributed by atoms with Crippen LogP contribution in [-0.2, 0) is 65.0 Å². The van der Waals surface area contributed by atoms with Crippen molar-refractivity contribution in [1.29, 1.82) is 0 Å². The summed E-state index contributed by atoms with van der Waals surface area (Å²) in [5, 5.41) is 5.52. The van der Waals surface area contributed by atoms with Crippen molar-refractivity contribution >= 4 is 29.6 Å². The number of carbonyl (C=O) groups excluding carboxylic acids is 2. The van der Waals surface area contributed by atoms with E-state index in [0.29, 0.717) is 22.9 Å². The number of nitrogens with one attached hydrogen (secondary N) is 2. The largest absolute Gasteiger partial charge is 2.00 e. The summed E-state index contributed by atoms with van der Waals surface area (Å²) >= 11 is 2.15. The number of pyridine rings is 1. The molecule has 1 saturated heterocycles. The van der Waals surface area contributed by atoms with Gasteiger partial charge in [0, 0.05) is 17.8 Å². The molecule has 1 fully saturated rings. The molecule has 0 aliphatic carbocycles. The Labute approximate surface area is 239 Å². The summed E-state index contributed by atoms with van der Waals surface area (Å²) in [7, 11) is 1.95. The Bertz CT molecular complexity index is 937. The molecule has 13 heteroatoms. The van der Waals surface area contributed by atoms with Crippen molar-refractivity contribution in [2.75, 3.05) is 20.1 Å². The average molecular weight is 891 g/mol. The molecule has 0 bridgehead atoms. The average Bonchev–Trinajstić information content (AvgIpc) is 3.13. The van der Waals surface area contributed by atoms with Gasteiger partial charge in [0.25, 0.3) is 5.91 Å². The van der Waals surface area contributed by atoms with Crippen molar-refractivity contribution in [3.63, 3.8) is 0 Å². The number of alkyl halides is 2. The summed E-state index contributed by atoms with van der Waals surface area (Å²) < 4.78 is 37.4. The minimum Gasteiger partial charge on any atom is 2.00 e. The van der Waals surface area contributed by atoms with E-state index in [0.717, 1.165) is 47.4 Å². The molecule has 1 aromatic heterocycles. The number of carbonyl (C=O) groups is 2. The van der Waals surface area contributed by atoms with Crippen LogP contribution in [0.2, 0.25) is 0 Å². The van der Waals surface area contributed by atoms with Gasteiger partial charge in [0.2, 0.25) is 11.8 Å². The number of amides is 2. The van der Waals surface area contributed by atoms with Crippen LogP contribution in [-0.4, -0.2) is 53.8 Å². The van der Waals surface area contributed by atoms with Gasteiger partial charge in [0.1, 0.15) is 0 Å². The molecule has 1 aromatic rings. The maximum absolute atomic E-state index is 13.1. The molecule has 1 aliphatic rings. The van der Waals surface area contributed by atoms with Gasteiger partial charge < -0.3 is 15.5 Å². The molecule has 0 spiro atoms. The third kappa shape index (κ3) is 16.2. The first-order chi connectivity index (χ1) is 15.9. The summed E-state index contributed by atoms with van der Waals surface area (Å²) in [6.45, 7) is 8.06. The number of likely N-dealkylation sites (tertiary alicyclic amines) is 1. The minimum atomic E-state index is -2.90. The first-order valence-electron chi connectivity index (χ1n) is 10.3. The molecule has 6 nitrogen and oxygen atoms in total. The Balaban J connectivity index is 0. The quantitative estimate of drug-likeness (QED) is 0.336. The third-order valence-corrected chi connectivity index (χ3v) is 4.23. The predicted octanol–water partition coefficient (Wildman–Crippen LogP) is 3.93. The second kappa shape index (κ2) is 19.7. The van der Waals surface area contributed by atoms with E-state index < -0.39 is 36.4 Å². The Morgan fingerprint density at radius 3 is 2.26 bits per heavy atom. The van der Waals surface area contributed by atoms with Crippen LogP contribution in [0.3, 0.4) is 0 Å². The van der Waals surface area contributed by atoms with Gasteiger partial charge in [-0.05, 0) is 33.0 Å². The normalized spacial score (nSPS) is 14.3. The monoisotopic (exact) mass is 891 g/mol. The summed E-state index contributed by atoms with van der Waals surface area (Å²) in [6, 6.07) is 2.19. The van der Waals surface area contributed by atoms with Crippen molar-refractivity contribution in [2.45, 2.75) is 46.1 Å². The summed E-state index contributed by atoms with van der Waals surface area (Å²) in [5.74, 6) is -3.92. The molecule has 0 unspecified atom stereocenters. The summed E-state index contributed by atoms with van der Waals surface area (Å²) in [6.07, 6.45) is 8.17. The zero-order chi connectivity index (χ0) is 26.3. The maximum atomic E-state index is 13.1. The third-order valence-electron chi connectivity index (χ3n) is 4.23. The fourth-order valence-corrected chi connectivity index (χ4v) is 2.48. The number of allylic oxidation sites excluding steroid dienone is 2. The fourth-order valence-electron chi connectivity index (χ4n) is 2.48. The Kier molecular flexibility index (Phi) is 20.7. The first-order valence-corrected chi connectivity index (χ1v) is 18.5. The molecule has 0 atom stereocenters. The first kappa shape index (κ1) is 36.8. The number of aromatic nitrogens is 1. The smallest absolute Gasteiger partial charge is 2.00 e. The molecule has 1 radical (unpaired) electrons. The van der Waals surface area contributed by atoms with Gasteiger partial charge in [0.05, 0.1) is 24.3 Å². The Hall–Kier alpha value is -0.369. The van der Waals surface area contributed by atoms with Crippen LogP contribution in [0.15, 0.2) is 24.4 Å². The maximum Gasteiger partial charge on any atom is 2.00 e. The van der Waals surface area contributed by atoms with Crippen molar-refractivity contribution in [3.05, 3.63) is 47.8 Å². The number of nitrogens with zero attached hydrogens (tertiary/aromatic N) is 2. The summed E-state index contributed by atoms with van der Waals surface area (Å²) in [4.78, 5) is 29.5. The topological polar surface area (TPSA) is 74.3 Å². The molecule has 2 N–H and O–H groups in total. The van der Waals surface area contributed by atoms with Crippen molar-refractivity contribution in [2.24, 2.45) is 0 Å². The second-order valence-electron chi connectivity index (χ2n) is 7.24. The van der Waals surface area contributed by atoms with Gasteiger partial charge in [-0.25, -0.2) is 15.3 Å². The number of rotatable bonds is 6. The molecule has 2 heterocycles. The van der Waals surface area contributed by atoms with Gasteiger partial charge >= 0.3 is 64.1 Å². The van der Waals surface area contributed by atoms with Crippen LogP contribution in [0.5, 0.6) is 0 Å². The number of hydrogen-bond donors (Lipinski definition) is 2. The van der Waals surface area contributed by atoms with E-state index in [-0.39, 0.29) is 25.1 Å². The second-order valence-corrected chi connectivity index (χ2v) is 23.8. The molecule has 0 aromatic carbocycles. The van der Waals surface area contributed by atoms with Crippen LogP contribution < -0.4 is 10.6 Å². The standard InChI is InChI=1S/C18H20F2N3O2.C4H11N.FS.V.2W/c1-3-5-13-14(7-9-21-15(13)6-4-2)17(25)22-11-16(24)23-10-8-18(19,20)12-23;1-4(2)5-3;1-2;;;/h3-7,9-10H,8,11-12H2,1-2H3,(H,22,25);4-5H,1-3H3;;;;/q-1;;-1;+2;;/b5-3-,6-4-;;;;;. The predicted molar refractivity (Wildman–Crippen MR) is 124 cm³/mol. The van der Waals surface area contributed by atoms with E-state index >= 15 is 0 Å². The molecule has 1 aliphatic heterocycles. The van der Waals surface area contributed by atoms with E-state index in [9.17, 15) is 22.3 Å². The van der Waals surface area contributed by atoms with E-state index in [2.05, 4.69) is 29.5 Å². The molecular formula is C22H31F3N4O2SVW2. The molecule has 35 heavy (non-hydrogen) atoms. The minimum absolute atomic E-state index is 0. The van der Waals surface area contributed by atoms with Crippen molar-refractivity contribution in [1.82, 2.24) is 20.5 Å². The van der Waals surface area contributed by atoms with E-state index in [1.807, 2.05) is 27.0 Å². The molecular weight excluding hydrogens is 860 g/mol. The van der Waals surface area contributed by atoms with Gasteiger partial charge in [-0.3, -0.25) is 14.6 Å². The van der Waals surface area contributed by atoms with Crippen LogP contribution in [0.1, 0.15) is 55.7 Å². The van der Waals surface area contributed by atoms with Crippen molar-refractivity contribution in [3.8, 4) is 0 Å². The van der Waals surface area contributed by atoms with E-state index in [1.165, 1.54) is 6.20 Å². The SMILES string of the molecule is C/C=C\c1nccc(C(=O)NCC(=O)N2[CH-]CC(F)(F)C2)c1/C=C\C.CNC(C)C.F[S-](=[W])=[W].[V+2]. The van der Waals surface area contributed by atoms with Crippen molar-refractivity contribution < 1.29 is 76.8 Å². The van der Waals surface area contributed by atoms with Crippen LogP contribution in [0.25, 0.3) is 12.2 Å². The van der Waals surface area contributed by atoms with Gasteiger partial charge in [0.15, 0.2) is 0 Å². The zero-order valence-electron chi connectivity index (χ0n) is 20.3. The molecule has 2 rings (SSSR count). The van der Waals surface area contributed by atoms with Gasteiger partial charge in [-0.15, -0.1) is 0 Å². The molecule has 2 amide bonds. The van der Waals surface area contributed by atoms with Gasteiger partial charge in [-0.2, -0.15) is 0 Å². The van der Waals surface area contributed by atoms with E-state index in [4.69, 9.17) is 0 Å². The van der Waals surface area contributed by atoms with Gasteiger partial charge in [-0.1, -0.05) is 38.5 Å². The van der Waals surface area contributed by atoms with E-state index in [1.54, 1.807) is 24.3 Å².